The van der Waals surface area contributed by atoms with E-state index in [9.17, 15) is 4.79 Å². The molecule has 1 aliphatic rings. The second-order valence-corrected chi connectivity index (χ2v) is 8.13. The third-order valence-corrected chi connectivity index (χ3v) is 6.11. The average Bonchev–Trinajstić information content (AvgIpc) is 2.89. The van der Waals surface area contributed by atoms with Crippen LogP contribution in [0.2, 0.25) is 0 Å². The fourth-order valence-corrected chi connectivity index (χ4v) is 4.22. The van der Waals surface area contributed by atoms with Crippen LogP contribution in [-0.2, 0) is 4.79 Å². The number of ether oxygens (including phenoxy) is 6. The summed E-state index contributed by atoms with van der Waals surface area (Å²) in [5.74, 6) is 3.51. The van der Waals surface area contributed by atoms with Crippen LogP contribution < -0.4 is 28.4 Å². The van der Waals surface area contributed by atoms with E-state index in [0.717, 1.165) is 41.5 Å². The van der Waals surface area contributed by atoms with Gasteiger partial charge in [0, 0.05) is 34.4 Å². The van der Waals surface area contributed by atoms with E-state index in [0.29, 0.717) is 47.3 Å². The molecule has 0 heterocycles. The Hall–Kier alpha value is -3.61. The summed E-state index contributed by atoms with van der Waals surface area (Å²) in [4.78, 5) is 13.7. The van der Waals surface area contributed by atoms with Gasteiger partial charge in [0.1, 0.15) is 11.5 Å². The standard InChI is InChI=1S/C28H34O7/c1-30-22-16-26(34-5)24(32-3)14-20(22)12-18-10-8-7-9-11-19(28(18)29)13-21-15-25(33-4)27(35-6)17-23(21)31-2/h12-17H,7-11H2,1-6H3/b18-12-,19-13-. The van der Waals surface area contributed by atoms with Gasteiger partial charge in [-0.05, 0) is 50.0 Å². The first kappa shape index (κ1) is 26.0. The number of allylic oxidation sites excluding steroid dienone is 2. The van der Waals surface area contributed by atoms with Crippen LogP contribution in [-0.4, -0.2) is 48.4 Å². The first-order valence-corrected chi connectivity index (χ1v) is 11.5. The molecule has 0 atom stereocenters. The minimum atomic E-state index is 0.0124. The average molecular weight is 483 g/mol. The molecule has 0 amide bonds. The maximum atomic E-state index is 13.7. The normalized spacial score (nSPS) is 16.5. The van der Waals surface area contributed by atoms with Crippen LogP contribution in [0.5, 0.6) is 34.5 Å². The Balaban J connectivity index is 2.08. The highest BCUT2D eigenvalue weighted by molar-refractivity contribution is 6.13. The third-order valence-electron chi connectivity index (χ3n) is 6.11. The van der Waals surface area contributed by atoms with Crippen molar-refractivity contribution in [3.63, 3.8) is 0 Å². The summed E-state index contributed by atoms with van der Waals surface area (Å²) in [6.45, 7) is 0. The number of ketones is 1. The molecule has 3 rings (SSSR count). The number of hydrogen-bond acceptors (Lipinski definition) is 7. The van der Waals surface area contributed by atoms with Crippen molar-refractivity contribution >= 4 is 17.9 Å². The van der Waals surface area contributed by atoms with Crippen LogP contribution in [0.4, 0.5) is 0 Å². The first-order chi connectivity index (χ1) is 17.0. The van der Waals surface area contributed by atoms with Gasteiger partial charge in [0.05, 0.1) is 42.7 Å². The van der Waals surface area contributed by atoms with Gasteiger partial charge in [-0.2, -0.15) is 0 Å². The molecule has 0 N–H and O–H groups in total. The molecule has 0 saturated heterocycles. The summed E-state index contributed by atoms with van der Waals surface area (Å²) in [5, 5.41) is 0. The molecule has 1 saturated carbocycles. The van der Waals surface area contributed by atoms with Gasteiger partial charge in [-0.25, -0.2) is 0 Å². The first-order valence-electron chi connectivity index (χ1n) is 11.5. The van der Waals surface area contributed by atoms with Gasteiger partial charge in [-0.1, -0.05) is 6.42 Å². The molecule has 7 nitrogen and oxygen atoms in total. The highest BCUT2D eigenvalue weighted by Crippen LogP contribution is 2.38. The van der Waals surface area contributed by atoms with Crippen LogP contribution in [0.3, 0.4) is 0 Å². The van der Waals surface area contributed by atoms with E-state index in [1.54, 1.807) is 54.8 Å². The summed E-state index contributed by atoms with van der Waals surface area (Å²) >= 11 is 0. The second-order valence-electron chi connectivity index (χ2n) is 8.13. The predicted octanol–water partition coefficient (Wildman–Crippen LogP) is 5.74. The van der Waals surface area contributed by atoms with E-state index in [1.165, 1.54) is 0 Å². The molecule has 0 spiro atoms. The number of carbonyl (C=O) groups is 1. The van der Waals surface area contributed by atoms with Crippen LogP contribution in [0.15, 0.2) is 35.4 Å². The molecule has 0 unspecified atom stereocenters. The van der Waals surface area contributed by atoms with Gasteiger partial charge in [0.15, 0.2) is 28.8 Å². The maximum absolute atomic E-state index is 13.7. The Bertz CT molecular complexity index is 1030. The van der Waals surface area contributed by atoms with Crippen LogP contribution >= 0.6 is 0 Å². The molecule has 188 valence electrons. The Morgan fingerprint density at radius 3 is 1.20 bits per heavy atom. The molecule has 0 bridgehead atoms. The SMILES string of the molecule is COc1cc(OC)c(OC)cc1/C=C1/CCCCC/C(=C/c2cc(OC)c(OC)cc2OC)C1=O. The van der Waals surface area contributed by atoms with Crippen molar-refractivity contribution in [2.24, 2.45) is 0 Å². The minimum Gasteiger partial charge on any atom is -0.496 e. The molecule has 1 aliphatic carbocycles. The van der Waals surface area contributed by atoms with Crippen molar-refractivity contribution in [3.05, 3.63) is 46.5 Å². The van der Waals surface area contributed by atoms with Crippen molar-refractivity contribution in [1.82, 2.24) is 0 Å². The fraction of sp³-hybridized carbons (Fsp3) is 0.393. The smallest absolute Gasteiger partial charge is 0.185 e. The van der Waals surface area contributed by atoms with Gasteiger partial charge in [0.25, 0.3) is 0 Å². The van der Waals surface area contributed by atoms with E-state index >= 15 is 0 Å². The summed E-state index contributed by atoms with van der Waals surface area (Å²) in [6, 6.07) is 7.20. The summed E-state index contributed by atoms with van der Waals surface area (Å²) < 4.78 is 32.8. The number of hydrogen-bond donors (Lipinski definition) is 0. The highest BCUT2D eigenvalue weighted by atomic mass is 16.5. The van der Waals surface area contributed by atoms with E-state index in [2.05, 4.69) is 0 Å². The van der Waals surface area contributed by atoms with Crippen molar-refractivity contribution in [2.45, 2.75) is 32.1 Å². The molecule has 2 aromatic carbocycles. The monoisotopic (exact) mass is 482 g/mol. The summed E-state index contributed by atoms with van der Waals surface area (Å²) in [6.07, 6.45) is 8.07. The molecular formula is C28H34O7. The zero-order valence-electron chi connectivity index (χ0n) is 21.4. The van der Waals surface area contributed by atoms with Crippen LogP contribution in [0, 0.1) is 0 Å². The lowest BCUT2D eigenvalue weighted by Gasteiger charge is -2.17. The van der Waals surface area contributed by atoms with Crippen molar-refractivity contribution in [2.75, 3.05) is 42.7 Å². The third kappa shape index (κ3) is 5.91. The zero-order chi connectivity index (χ0) is 25.4. The van der Waals surface area contributed by atoms with E-state index in [1.807, 2.05) is 24.3 Å². The Labute approximate surface area is 207 Å². The summed E-state index contributed by atoms with van der Waals surface area (Å²) in [7, 11) is 9.51. The molecule has 7 heteroatoms. The van der Waals surface area contributed by atoms with Crippen molar-refractivity contribution < 1.29 is 33.2 Å². The van der Waals surface area contributed by atoms with E-state index < -0.39 is 0 Å². The van der Waals surface area contributed by atoms with Crippen LogP contribution in [0.25, 0.3) is 12.2 Å². The fourth-order valence-electron chi connectivity index (χ4n) is 4.22. The molecule has 1 fully saturated rings. The lowest BCUT2D eigenvalue weighted by Crippen LogP contribution is -2.10. The largest absolute Gasteiger partial charge is 0.496 e. The molecule has 0 aliphatic heterocycles. The molecule has 0 radical (unpaired) electrons. The van der Waals surface area contributed by atoms with Gasteiger partial charge in [-0.3, -0.25) is 4.79 Å². The van der Waals surface area contributed by atoms with Crippen molar-refractivity contribution in [1.29, 1.82) is 0 Å². The maximum Gasteiger partial charge on any atom is 0.185 e. The molecule has 0 aromatic heterocycles. The second kappa shape index (κ2) is 12.2. The molecule has 35 heavy (non-hydrogen) atoms. The number of benzene rings is 2. The van der Waals surface area contributed by atoms with Crippen molar-refractivity contribution in [3.8, 4) is 34.5 Å². The van der Waals surface area contributed by atoms with E-state index in [-0.39, 0.29) is 5.78 Å². The predicted molar refractivity (Wildman–Crippen MR) is 136 cm³/mol. The lowest BCUT2D eigenvalue weighted by atomic mass is 9.88. The van der Waals surface area contributed by atoms with E-state index in [4.69, 9.17) is 28.4 Å². The quantitative estimate of drug-likeness (QED) is 0.444. The van der Waals surface area contributed by atoms with Crippen LogP contribution in [0.1, 0.15) is 43.2 Å². The number of rotatable bonds is 8. The van der Waals surface area contributed by atoms with Gasteiger partial charge in [-0.15, -0.1) is 0 Å². The lowest BCUT2D eigenvalue weighted by molar-refractivity contribution is -0.112. The van der Waals surface area contributed by atoms with Gasteiger partial charge >= 0.3 is 0 Å². The number of carbonyl (C=O) groups excluding carboxylic acids is 1. The number of Topliss-reactive ketones (excluding diaryl/α,β-unsaturated/α-hetero) is 1. The number of methoxy groups -OCH3 is 6. The molecular weight excluding hydrogens is 448 g/mol. The highest BCUT2D eigenvalue weighted by Gasteiger charge is 2.21. The van der Waals surface area contributed by atoms with Gasteiger partial charge < -0.3 is 28.4 Å². The minimum absolute atomic E-state index is 0.0124. The Kier molecular flexibility index (Phi) is 9.06. The Morgan fingerprint density at radius 2 is 0.857 bits per heavy atom. The molecule has 2 aromatic rings. The zero-order valence-corrected chi connectivity index (χ0v) is 21.4. The topological polar surface area (TPSA) is 72.5 Å². The summed E-state index contributed by atoms with van der Waals surface area (Å²) in [5.41, 5.74) is 2.97. The Morgan fingerprint density at radius 1 is 0.514 bits per heavy atom. The van der Waals surface area contributed by atoms with Gasteiger partial charge in [0.2, 0.25) is 0 Å².